The van der Waals surface area contributed by atoms with Crippen LogP contribution >= 0.6 is 23.2 Å². The quantitative estimate of drug-likeness (QED) is 0.238. The van der Waals surface area contributed by atoms with Crippen LogP contribution < -0.4 is 5.32 Å². The summed E-state index contributed by atoms with van der Waals surface area (Å²) in [7, 11) is 0. The molecule has 0 saturated carbocycles. The molecular weight excluding hydrogens is 513 g/mol. The SMILES string of the molecule is CC[C@@H](C)NC(=O)[C@@H](Cc1ccccc1)N(Cc1ccc(Cl)c(Cl)c1)C(=O)Cc1ccccc1[N+](=O)[O-]. The lowest BCUT2D eigenvalue weighted by Gasteiger charge is -2.32. The summed E-state index contributed by atoms with van der Waals surface area (Å²) < 4.78 is 0. The predicted octanol–water partition coefficient (Wildman–Crippen LogP) is 6.00. The van der Waals surface area contributed by atoms with Crippen LogP contribution in [0.5, 0.6) is 0 Å². The third-order valence-corrected chi connectivity index (χ3v) is 6.88. The third-order valence-electron chi connectivity index (χ3n) is 6.14. The maximum absolute atomic E-state index is 13.8. The Balaban J connectivity index is 2.04. The minimum Gasteiger partial charge on any atom is -0.352 e. The molecule has 2 atom stereocenters. The number of carbonyl (C=O) groups is 2. The fourth-order valence-electron chi connectivity index (χ4n) is 3.93. The number of nitro groups is 1. The Labute approximate surface area is 226 Å². The Bertz CT molecular complexity index is 1250. The molecule has 7 nitrogen and oxygen atoms in total. The second-order valence-electron chi connectivity index (χ2n) is 8.86. The molecule has 0 fully saturated rings. The molecule has 0 spiro atoms. The van der Waals surface area contributed by atoms with E-state index in [1.165, 1.54) is 11.0 Å². The van der Waals surface area contributed by atoms with E-state index in [1.807, 2.05) is 44.2 Å². The van der Waals surface area contributed by atoms with Crippen molar-refractivity contribution in [3.8, 4) is 0 Å². The number of benzene rings is 3. The van der Waals surface area contributed by atoms with E-state index in [2.05, 4.69) is 5.32 Å². The Morgan fingerprint density at radius 2 is 1.65 bits per heavy atom. The van der Waals surface area contributed by atoms with Crippen LogP contribution in [0.1, 0.15) is 37.0 Å². The van der Waals surface area contributed by atoms with Crippen LogP contribution in [0.3, 0.4) is 0 Å². The summed E-state index contributed by atoms with van der Waals surface area (Å²) in [4.78, 5) is 39.9. The van der Waals surface area contributed by atoms with Crippen LogP contribution in [0.25, 0.3) is 0 Å². The molecule has 0 aliphatic rings. The van der Waals surface area contributed by atoms with Crippen LogP contribution in [0, 0.1) is 10.1 Å². The van der Waals surface area contributed by atoms with Crippen LogP contribution in [-0.2, 0) is 29.0 Å². The van der Waals surface area contributed by atoms with Crippen molar-refractivity contribution in [3.05, 3.63) is 110 Å². The Morgan fingerprint density at radius 3 is 2.30 bits per heavy atom. The monoisotopic (exact) mass is 541 g/mol. The summed E-state index contributed by atoms with van der Waals surface area (Å²) in [5.41, 5.74) is 1.69. The van der Waals surface area contributed by atoms with Gasteiger partial charge in [0.2, 0.25) is 11.8 Å². The lowest BCUT2D eigenvalue weighted by Crippen LogP contribution is -2.52. The molecule has 0 aliphatic heterocycles. The first kappa shape index (κ1) is 28.2. The molecule has 3 aromatic carbocycles. The second-order valence-corrected chi connectivity index (χ2v) is 9.67. The van der Waals surface area contributed by atoms with Gasteiger partial charge in [0, 0.05) is 30.6 Å². The van der Waals surface area contributed by atoms with Crippen molar-refractivity contribution in [3.63, 3.8) is 0 Å². The Kier molecular flexibility index (Phi) is 10.1. The van der Waals surface area contributed by atoms with Crippen LogP contribution in [-0.4, -0.2) is 33.7 Å². The van der Waals surface area contributed by atoms with Gasteiger partial charge in [-0.1, -0.05) is 84.7 Å². The highest BCUT2D eigenvalue weighted by molar-refractivity contribution is 6.42. The van der Waals surface area contributed by atoms with Gasteiger partial charge in [0.15, 0.2) is 0 Å². The maximum Gasteiger partial charge on any atom is 0.273 e. The minimum atomic E-state index is -0.860. The molecule has 194 valence electrons. The van der Waals surface area contributed by atoms with Crippen LogP contribution in [0.4, 0.5) is 5.69 Å². The molecule has 0 bridgehead atoms. The fourth-order valence-corrected chi connectivity index (χ4v) is 4.25. The summed E-state index contributed by atoms with van der Waals surface area (Å²) >= 11 is 12.3. The molecule has 3 rings (SSSR count). The molecule has 37 heavy (non-hydrogen) atoms. The highest BCUT2D eigenvalue weighted by Gasteiger charge is 2.32. The van der Waals surface area contributed by atoms with E-state index in [-0.39, 0.29) is 42.6 Å². The Hall–Kier alpha value is -3.42. The van der Waals surface area contributed by atoms with E-state index in [4.69, 9.17) is 23.2 Å². The van der Waals surface area contributed by atoms with E-state index in [0.29, 0.717) is 15.6 Å². The molecule has 3 aromatic rings. The molecule has 0 saturated heterocycles. The molecule has 9 heteroatoms. The van der Waals surface area contributed by atoms with Gasteiger partial charge < -0.3 is 10.2 Å². The van der Waals surface area contributed by atoms with Crippen LogP contribution in [0.2, 0.25) is 10.0 Å². The number of nitrogens with zero attached hydrogens (tertiary/aromatic N) is 2. The van der Waals surface area contributed by atoms with Crippen molar-refractivity contribution in [1.29, 1.82) is 0 Å². The largest absolute Gasteiger partial charge is 0.352 e. The maximum atomic E-state index is 13.8. The van der Waals surface area contributed by atoms with Crippen molar-refractivity contribution in [2.75, 3.05) is 0 Å². The number of hydrogen-bond donors (Lipinski definition) is 1. The zero-order valence-corrected chi connectivity index (χ0v) is 22.2. The van der Waals surface area contributed by atoms with Gasteiger partial charge in [-0.25, -0.2) is 0 Å². The van der Waals surface area contributed by atoms with E-state index in [1.54, 1.807) is 36.4 Å². The number of rotatable bonds is 11. The van der Waals surface area contributed by atoms with Gasteiger partial charge in [-0.05, 0) is 36.6 Å². The number of amides is 2. The Morgan fingerprint density at radius 1 is 0.973 bits per heavy atom. The van der Waals surface area contributed by atoms with Gasteiger partial charge in [-0.2, -0.15) is 0 Å². The molecular formula is C28H29Cl2N3O4. The first-order chi connectivity index (χ1) is 17.7. The number of para-hydroxylation sites is 1. The zero-order valence-electron chi connectivity index (χ0n) is 20.7. The number of nitrogens with one attached hydrogen (secondary N) is 1. The molecule has 0 radical (unpaired) electrons. The van der Waals surface area contributed by atoms with Gasteiger partial charge >= 0.3 is 0 Å². The predicted molar refractivity (Wildman–Crippen MR) is 146 cm³/mol. The van der Waals surface area contributed by atoms with Crippen molar-refractivity contribution < 1.29 is 14.5 Å². The smallest absolute Gasteiger partial charge is 0.273 e. The van der Waals surface area contributed by atoms with Crippen molar-refractivity contribution in [2.24, 2.45) is 0 Å². The molecule has 0 aliphatic carbocycles. The summed E-state index contributed by atoms with van der Waals surface area (Å²) in [6, 6.07) is 19.6. The van der Waals surface area contributed by atoms with E-state index >= 15 is 0 Å². The van der Waals surface area contributed by atoms with Gasteiger partial charge in [0.1, 0.15) is 6.04 Å². The molecule has 0 heterocycles. The van der Waals surface area contributed by atoms with Crippen molar-refractivity contribution >= 4 is 40.7 Å². The minimum absolute atomic E-state index is 0.0712. The second kappa shape index (κ2) is 13.2. The number of hydrogen-bond acceptors (Lipinski definition) is 4. The highest BCUT2D eigenvalue weighted by Crippen LogP contribution is 2.25. The van der Waals surface area contributed by atoms with Gasteiger partial charge in [0.25, 0.3) is 5.69 Å². The average Bonchev–Trinajstić information content (AvgIpc) is 2.88. The summed E-state index contributed by atoms with van der Waals surface area (Å²) in [5, 5.41) is 15.3. The zero-order chi connectivity index (χ0) is 26.9. The topological polar surface area (TPSA) is 92.6 Å². The molecule has 0 aromatic heterocycles. The highest BCUT2D eigenvalue weighted by atomic mass is 35.5. The molecule has 1 N–H and O–H groups in total. The molecule has 0 unspecified atom stereocenters. The van der Waals surface area contributed by atoms with Gasteiger partial charge in [0.05, 0.1) is 21.4 Å². The molecule has 2 amide bonds. The summed E-state index contributed by atoms with van der Waals surface area (Å²) in [6.45, 7) is 3.93. The first-order valence-corrected chi connectivity index (χ1v) is 12.7. The van der Waals surface area contributed by atoms with E-state index in [0.717, 1.165) is 12.0 Å². The summed E-state index contributed by atoms with van der Waals surface area (Å²) in [6.07, 6.45) is 0.758. The van der Waals surface area contributed by atoms with E-state index < -0.39 is 16.9 Å². The van der Waals surface area contributed by atoms with Crippen molar-refractivity contribution in [2.45, 2.75) is 51.7 Å². The number of carbonyl (C=O) groups excluding carboxylic acids is 2. The third kappa shape index (κ3) is 7.78. The van der Waals surface area contributed by atoms with Gasteiger partial charge in [-0.15, -0.1) is 0 Å². The number of nitro benzene ring substituents is 1. The fraction of sp³-hybridized carbons (Fsp3) is 0.286. The lowest BCUT2D eigenvalue weighted by molar-refractivity contribution is -0.385. The van der Waals surface area contributed by atoms with E-state index in [9.17, 15) is 19.7 Å². The lowest BCUT2D eigenvalue weighted by atomic mass is 10.0. The standard InChI is InChI=1S/C28H29Cl2N3O4/c1-3-19(2)31-28(35)26(16-20-9-5-4-6-10-20)32(18-21-13-14-23(29)24(30)15-21)27(34)17-22-11-7-8-12-25(22)33(36)37/h4-15,19,26H,3,16-18H2,1-2H3,(H,31,35)/t19-,26-/m1/s1. The number of halogens is 2. The average molecular weight is 542 g/mol. The normalized spacial score (nSPS) is 12.4. The summed E-state index contributed by atoms with van der Waals surface area (Å²) in [5.74, 6) is -0.713. The van der Waals surface area contributed by atoms with Crippen molar-refractivity contribution in [1.82, 2.24) is 10.2 Å². The van der Waals surface area contributed by atoms with Crippen LogP contribution in [0.15, 0.2) is 72.8 Å². The van der Waals surface area contributed by atoms with Gasteiger partial charge in [-0.3, -0.25) is 19.7 Å². The first-order valence-electron chi connectivity index (χ1n) is 12.0.